The highest BCUT2D eigenvalue weighted by molar-refractivity contribution is 5.71. The third-order valence-electron chi connectivity index (χ3n) is 12.2. The first-order valence-corrected chi connectivity index (χ1v) is 26.7. The van der Waals surface area contributed by atoms with Crippen LogP contribution in [0.25, 0.3) is 0 Å². The van der Waals surface area contributed by atoms with Crippen molar-refractivity contribution in [3.05, 3.63) is 0 Å². The summed E-state index contributed by atoms with van der Waals surface area (Å²) in [6.45, 7) is 11.3. The number of esters is 3. The highest BCUT2D eigenvalue weighted by Gasteiger charge is 2.19. The van der Waals surface area contributed by atoms with E-state index in [0.29, 0.717) is 19.3 Å². The summed E-state index contributed by atoms with van der Waals surface area (Å²) in [5.74, 6) is 0.841. The molecule has 0 spiro atoms. The van der Waals surface area contributed by atoms with Crippen LogP contribution in [0, 0.1) is 11.8 Å². The third kappa shape index (κ3) is 47.5. The van der Waals surface area contributed by atoms with Gasteiger partial charge in [-0.05, 0) is 31.1 Å². The van der Waals surface area contributed by atoms with E-state index in [1.165, 1.54) is 180 Å². The van der Waals surface area contributed by atoms with Crippen LogP contribution in [0.2, 0.25) is 0 Å². The minimum Gasteiger partial charge on any atom is -0.462 e. The minimum atomic E-state index is -0.760. The van der Waals surface area contributed by atoms with E-state index in [1.807, 2.05) is 0 Å². The molecule has 0 aliphatic rings. The van der Waals surface area contributed by atoms with E-state index in [1.54, 1.807) is 0 Å². The predicted octanol–water partition coefficient (Wildman–Crippen LogP) is 17.3. The van der Waals surface area contributed by atoms with Crippen molar-refractivity contribution >= 4 is 17.9 Å². The van der Waals surface area contributed by atoms with Gasteiger partial charge < -0.3 is 14.2 Å². The standard InChI is InChI=1S/C54H104O6/c1-6-7-8-32-39-44-52(55)58-47-51(60-54(57)46-41-36-31-27-23-19-15-11-13-17-21-25-29-34-38-43-50(4)5)48-59-53(56)45-40-35-30-26-22-18-14-10-9-12-16-20-24-28-33-37-42-49(2)3/h49-51H,6-48H2,1-5H3/t51-/m1/s1. The summed E-state index contributed by atoms with van der Waals surface area (Å²) in [5.41, 5.74) is 0. The second kappa shape index (κ2) is 46.9. The molecule has 0 aromatic carbocycles. The van der Waals surface area contributed by atoms with E-state index in [4.69, 9.17) is 14.2 Å². The Morgan fingerprint density at radius 3 is 0.817 bits per heavy atom. The molecule has 6 heteroatoms. The van der Waals surface area contributed by atoms with Crippen molar-refractivity contribution in [3.8, 4) is 0 Å². The molecule has 0 saturated heterocycles. The summed E-state index contributed by atoms with van der Waals surface area (Å²) >= 11 is 0. The summed E-state index contributed by atoms with van der Waals surface area (Å²) in [6.07, 6.45) is 48.4. The third-order valence-corrected chi connectivity index (χ3v) is 12.2. The summed E-state index contributed by atoms with van der Waals surface area (Å²) in [6, 6.07) is 0. The number of rotatable bonds is 48. The Hall–Kier alpha value is -1.59. The van der Waals surface area contributed by atoms with Crippen LogP contribution in [0.4, 0.5) is 0 Å². The van der Waals surface area contributed by atoms with Crippen molar-refractivity contribution in [2.45, 2.75) is 304 Å². The minimum absolute atomic E-state index is 0.0642. The molecule has 0 aliphatic carbocycles. The van der Waals surface area contributed by atoms with E-state index in [2.05, 4.69) is 34.6 Å². The van der Waals surface area contributed by atoms with Gasteiger partial charge in [0.25, 0.3) is 0 Å². The van der Waals surface area contributed by atoms with E-state index in [-0.39, 0.29) is 31.1 Å². The van der Waals surface area contributed by atoms with E-state index >= 15 is 0 Å². The maximum Gasteiger partial charge on any atom is 0.306 e. The molecule has 6 nitrogen and oxygen atoms in total. The van der Waals surface area contributed by atoms with Gasteiger partial charge in [-0.15, -0.1) is 0 Å². The van der Waals surface area contributed by atoms with Crippen molar-refractivity contribution in [1.82, 2.24) is 0 Å². The van der Waals surface area contributed by atoms with Crippen LogP contribution in [-0.4, -0.2) is 37.2 Å². The number of carbonyl (C=O) groups is 3. The van der Waals surface area contributed by atoms with Gasteiger partial charge in [-0.2, -0.15) is 0 Å². The maximum atomic E-state index is 12.7. The van der Waals surface area contributed by atoms with Gasteiger partial charge in [0.15, 0.2) is 6.10 Å². The van der Waals surface area contributed by atoms with E-state index in [9.17, 15) is 14.4 Å². The molecule has 0 aromatic heterocycles. The van der Waals surface area contributed by atoms with Gasteiger partial charge in [0.2, 0.25) is 0 Å². The van der Waals surface area contributed by atoms with Crippen LogP contribution in [0.5, 0.6) is 0 Å². The van der Waals surface area contributed by atoms with Crippen molar-refractivity contribution < 1.29 is 28.6 Å². The summed E-state index contributed by atoms with van der Waals surface area (Å²) in [5, 5.41) is 0. The van der Waals surface area contributed by atoms with Crippen LogP contribution in [0.15, 0.2) is 0 Å². The summed E-state index contributed by atoms with van der Waals surface area (Å²) < 4.78 is 16.7. The van der Waals surface area contributed by atoms with Crippen LogP contribution in [0.3, 0.4) is 0 Å². The van der Waals surface area contributed by atoms with Crippen molar-refractivity contribution in [2.24, 2.45) is 11.8 Å². The van der Waals surface area contributed by atoms with Gasteiger partial charge in [-0.25, -0.2) is 0 Å². The molecule has 0 bridgehead atoms. The van der Waals surface area contributed by atoms with Gasteiger partial charge in [0, 0.05) is 19.3 Å². The molecule has 0 saturated carbocycles. The number of hydrogen-bond donors (Lipinski definition) is 0. The Labute approximate surface area is 374 Å². The van der Waals surface area contributed by atoms with Crippen molar-refractivity contribution in [2.75, 3.05) is 13.2 Å². The number of unbranched alkanes of at least 4 members (excludes halogenated alkanes) is 33. The molecule has 0 N–H and O–H groups in total. The van der Waals surface area contributed by atoms with Gasteiger partial charge in [0.1, 0.15) is 13.2 Å². The van der Waals surface area contributed by atoms with Gasteiger partial charge in [-0.1, -0.05) is 259 Å². The van der Waals surface area contributed by atoms with Crippen LogP contribution >= 0.6 is 0 Å². The monoisotopic (exact) mass is 849 g/mol. The summed E-state index contributed by atoms with van der Waals surface area (Å²) in [7, 11) is 0. The number of carbonyl (C=O) groups excluding carboxylic acids is 3. The highest BCUT2D eigenvalue weighted by Crippen LogP contribution is 2.18. The largest absolute Gasteiger partial charge is 0.462 e. The maximum absolute atomic E-state index is 12.7. The fraction of sp³-hybridized carbons (Fsp3) is 0.944. The van der Waals surface area contributed by atoms with Gasteiger partial charge >= 0.3 is 17.9 Å². The van der Waals surface area contributed by atoms with Crippen molar-refractivity contribution in [3.63, 3.8) is 0 Å². The molecule has 0 amide bonds. The fourth-order valence-corrected chi connectivity index (χ4v) is 8.17. The first kappa shape index (κ1) is 58.4. The smallest absolute Gasteiger partial charge is 0.306 e. The van der Waals surface area contributed by atoms with Gasteiger partial charge in [-0.3, -0.25) is 14.4 Å². The first-order valence-electron chi connectivity index (χ1n) is 26.7. The molecule has 60 heavy (non-hydrogen) atoms. The lowest BCUT2D eigenvalue weighted by Crippen LogP contribution is -2.30. The lowest BCUT2D eigenvalue weighted by atomic mass is 10.0. The Balaban J connectivity index is 4.08. The molecule has 0 aliphatic heterocycles. The summed E-state index contributed by atoms with van der Waals surface area (Å²) in [4.78, 5) is 37.7. The van der Waals surface area contributed by atoms with Crippen LogP contribution < -0.4 is 0 Å². The molecule has 356 valence electrons. The lowest BCUT2D eigenvalue weighted by Gasteiger charge is -2.18. The van der Waals surface area contributed by atoms with Crippen LogP contribution in [-0.2, 0) is 28.6 Å². The fourth-order valence-electron chi connectivity index (χ4n) is 8.17. The van der Waals surface area contributed by atoms with E-state index in [0.717, 1.165) is 76.0 Å². The Bertz CT molecular complexity index is 916. The molecule has 0 fully saturated rings. The Morgan fingerprint density at radius 1 is 0.317 bits per heavy atom. The number of hydrogen-bond acceptors (Lipinski definition) is 6. The molecule has 0 heterocycles. The zero-order chi connectivity index (χ0) is 44.0. The van der Waals surface area contributed by atoms with Crippen molar-refractivity contribution in [1.29, 1.82) is 0 Å². The predicted molar refractivity (Wildman–Crippen MR) is 256 cm³/mol. The average Bonchev–Trinajstić information content (AvgIpc) is 3.22. The highest BCUT2D eigenvalue weighted by atomic mass is 16.6. The zero-order valence-electron chi connectivity index (χ0n) is 41.1. The average molecular weight is 849 g/mol. The van der Waals surface area contributed by atoms with E-state index < -0.39 is 6.10 Å². The molecular formula is C54H104O6. The molecule has 0 radical (unpaired) electrons. The Kier molecular flexibility index (Phi) is 45.7. The lowest BCUT2D eigenvalue weighted by molar-refractivity contribution is -0.167. The topological polar surface area (TPSA) is 78.9 Å². The first-order chi connectivity index (χ1) is 29.2. The SMILES string of the molecule is CCCCCCCC(=O)OC[C@H](COC(=O)CCCCCCCCCCCCCCCCCCC(C)C)OC(=O)CCCCCCCCCCCCCCCCCC(C)C. The zero-order valence-corrected chi connectivity index (χ0v) is 41.1. The molecule has 1 atom stereocenters. The molecular weight excluding hydrogens is 745 g/mol. The Morgan fingerprint density at radius 2 is 0.550 bits per heavy atom. The molecule has 0 unspecified atom stereocenters. The second-order valence-corrected chi connectivity index (χ2v) is 19.5. The quantitative estimate of drug-likeness (QED) is 0.0345. The molecule has 0 aromatic rings. The van der Waals surface area contributed by atoms with Crippen LogP contribution in [0.1, 0.15) is 298 Å². The second-order valence-electron chi connectivity index (χ2n) is 19.5. The number of ether oxygens (including phenoxy) is 3. The normalized spacial score (nSPS) is 12.1. The van der Waals surface area contributed by atoms with Gasteiger partial charge in [0.05, 0.1) is 0 Å². The molecule has 0 rings (SSSR count).